The van der Waals surface area contributed by atoms with Gasteiger partial charge in [0.25, 0.3) is 0 Å². The zero-order valence-electron chi connectivity index (χ0n) is 12.4. The summed E-state index contributed by atoms with van der Waals surface area (Å²) >= 11 is 0. The molecule has 0 radical (unpaired) electrons. The molecule has 0 bridgehead atoms. The highest BCUT2D eigenvalue weighted by Gasteiger charge is 2.15. The molecule has 0 saturated heterocycles. The monoisotopic (exact) mass is 249 g/mol. The van der Waals surface area contributed by atoms with Crippen molar-refractivity contribution >= 4 is 0 Å². The summed E-state index contributed by atoms with van der Waals surface area (Å²) in [7, 11) is 0. The minimum atomic E-state index is 0.234. The van der Waals surface area contributed by atoms with Crippen molar-refractivity contribution in [1.82, 2.24) is 5.32 Å². The second-order valence-corrected chi connectivity index (χ2v) is 5.37. The fourth-order valence-corrected chi connectivity index (χ4v) is 1.93. The minimum Gasteiger partial charge on any atom is -0.489 e. The molecule has 2 nitrogen and oxygen atoms in total. The molecule has 0 fully saturated rings. The fraction of sp³-hybridized carbons (Fsp3) is 0.625. The molecule has 1 atom stereocenters. The van der Waals surface area contributed by atoms with Crippen molar-refractivity contribution < 1.29 is 4.74 Å². The lowest BCUT2D eigenvalue weighted by Crippen LogP contribution is -2.35. The van der Waals surface area contributed by atoms with Gasteiger partial charge in [-0.3, -0.25) is 0 Å². The molecule has 102 valence electrons. The van der Waals surface area contributed by atoms with Crippen molar-refractivity contribution in [1.29, 1.82) is 0 Å². The van der Waals surface area contributed by atoms with Crippen LogP contribution in [0.25, 0.3) is 0 Å². The number of ether oxygens (including phenoxy) is 1. The van der Waals surface area contributed by atoms with Crippen molar-refractivity contribution in [3.8, 4) is 5.75 Å². The van der Waals surface area contributed by atoms with E-state index < -0.39 is 0 Å². The molecule has 0 saturated carbocycles. The molecule has 0 aliphatic carbocycles. The molecule has 1 rings (SSSR count). The molecular weight excluding hydrogens is 222 g/mol. The summed E-state index contributed by atoms with van der Waals surface area (Å²) in [5.41, 5.74) is 2.50. The van der Waals surface area contributed by atoms with Gasteiger partial charge in [0, 0.05) is 6.54 Å². The lowest BCUT2D eigenvalue weighted by molar-refractivity contribution is 0.148. The maximum Gasteiger partial charge on any atom is 0.122 e. The number of hydrogen-bond acceptors (Lipinski definition) is 2. The van der Waals surface area contributed by atoms with Gasteiger partial charge in [-0.1, -0.05) is 38.5 Å². The van der Waals surface area contributed by atoms with Gasteiger partial charge in [0.1, 0.15) is 11.9 Å². The van der Waals surface area contributed by atoms with Gasteiger partial charge in [-0.25, -0.2) is 0 Å². The Hall–Kier alpha value is -1.02. The summed E-state index contributed by atoms with van der Waals surface area (Å²) in [6.07, 6.45) is 1.40. The molecule has 0 amide bonds. The number of hydrogen-bond donors (Lipinski definition) is 1. The Morgan fingerprint density at radius 2 is 1.94 bits per heavy atom. The van der Waals surface area contributed by atoms with Crippen LogP contribution in [0.5, 0.6) is 5.75 Å². The minimum absolute atomic E-state index is 0.234. The number of rotatable bonds is 7. The van der Waals surface area contributed by atoms with Gasteiger partial charge in [-0.2, -0.15) is 0 Å². The average Bonchev–Trinajstić information content (AvgIpc) is 2.30. The Labute approximate surface area is 112 Å². The molecule has 2 heteroatoms. The van der Waals surface area contributed by atoms with Crippen LogP contribution in [-0.2, 0) is 0 Å². The van der Waals surface area contributed by atoms with Crippen molar-refractivity contribution in [3.63, 3.8) is 0 Å². The maximum atomic E-state index is 6.15. The Morgan fingerprint density at radius 3 is 2.50 bits per heavy atom. The summed E-state index contributed by atoms with van der Waals surface area (Å²) in [5.74, 6) is 1.52. The quantitative estimate of drug-likeness (QED) is 0.744. The fourth-order valence-electron chi connectivity index (χ4n) is 1.93. The third-order valence-corrected chi connectivity index (χ3v) is 3.12. The largest absolute Gasteiger partial charge is 0.489 e. The van der Waals surface area contributed by atoms with Crippen LogP contribution in [0.1, 0.15) is 38.3 Å². The molecule has 0 aliphatic rings. The van der Waals surface area contributed by atoms with E-state index in [1.807, 2.05) is 0 Å². The zero-order chi connectivity index (χ0) is 13.5. The Balaban J connectivity index is 2.64. The third-order valence-electron chi connectivity index (χ3n) is 3.12. The van der Waals surface area contributed by atoms with E-state index in [-0.39, 0.29) is 6.10 Å². The van der Waals surface area contributed by atoms with E-state index in [0.29, 0.717) is 5.92 Å². The van der Waals surface area contributed by atoms with E-state index >= 15 is 0 Å². The van der Waals surface area contributed by atoms with E-state index in [9.17, 15) is 0 Å². The summed E-state index contributed by atoms with van der Waals surface area (Å²) in [6, 6.07) is 6.37. The molecule has 1 aromatic carbocycles. The van der Waals surface area contributed by atoms with Crippen LogP contribution in [0, 0.1) is 19.8 Å². The Morgan fingerprint density at radius 1 is 1.22 bits per heavy atom. The number of aryl methyl sites for hydroxylation is 2. The van der Waals surface area contributed by atoms with Crippen LogP contribution in [0.15, 0.2) is 18.2 Å². The molecule has 0 aromatic heterocycles. The van der Waals surface area contributed by atoms with Crippen molar-refractivity contribution in [2.75, 3.05) is 13.1 Å². The summed E-state index contributed by atoms with van der Waals surface area (Å²) in [6.45, 7) is 12.8. The van der Waals surface area contributed by atoms with Gasteiger partial charge in [0.05, 0.1) is 0 Å². The van der Waals surface area contributed by atoms with Crippen molar-refractivity contribution in [3.05, 3.63) is 29.3 Å². The van der Waals surface area contributed by atoms with Crippen molar-refractivity contribution in [2.24, 2.45) is 5.92 Å². The smallest absolute Gasteiger partial charge is 0.122 e. The normalized spacial score (nSPS) is 12.8. The van der Waals surface area contributed by atoms with Gasteiger partial charge in [-0.05, 0) is 44.4 Å². The second kappa shape index (κ2) is 7.42. The highest BCUT2D eigenvalue weighted by molar-refractivity contribution is 5.35. The molecule has 0 heterocycles. The first kappa shape index (κ1) is 15.0. The van der Waals surface area contributed by atoms with Gasteiger partial charge in [0.15, 0.2) is 0 Å². The van der Waals surface area contributed by atoms with Gasteiger partial charge in [-0.15, -0.1) is 0 Å². The van der Waals surface area contributed by atoms with Crippen LogP contribution in [-0.4, -0.2) is 19.2 Å². The highest BCUT2D eigenvalue weighted by Crippen LogP contribution is 2.21. The average molecular weight is 249 g/mol. The van der Waals surface area contributed by atoms with Crippen LogP contribution in [0.4, 0.5) is 0 Å². The molecule has 1 aromatic rings. The first-order chi connectivity index (χ1) is 8.54. The van der Waals surface area contributed by atoms with Crippen LogP contribution < -0.4 is 10.1 Å². The molecular formula is C16H27NO. The van der Waals surface area contributed by atoms with E-state index in [1.165, 1.54) is 11.1 Å². The SMILES string of the molecule is CCCNCC(Oc1ccc(C)cc1C)C(C)C. The first-order valence-corrected chi connectivity index (χ1v) is 6.99. The van der Waals surface area contributed by atoms with Gasteiger partial charge >= 0.3 is 0 Å². The predicted molar refractivity (Wildman–Crippen MR) is 78.3 cm³/mol. The molecule has 1 N–H and O–H groups in total. The van der Waals surface area contributed by atoms with E-state index in [2.05, 4.69) is 58.1 Å². The lowest BCUT2D eigenvalue weighted by Gasteiger charge is -2.24. The topological polar surface area (TPSA) is 21.3 Å². The van der Waals surface area contributed by atoms with E-state index in [1.54, 1.807) is 0 Å². The third kappa shape index (κ3) is 4.69. The van der Waals surface area contributed by atoms with E-state index in [0.717, 1.165) is 25.3 Å². The molecule has 18 heavy (non-hydrogen) atoms. The lowest BCUT2D eigenvalue weighted by atomic mass is 10.1. The Kier molecular flexibility index (Phi) is 6.20. The van der Waals surface area contributed by atoms with E-state index in [4.69, 9.17) is 4.74 Å². The summed E-state index contributed by atoms with van der Waals surface area (Å²) in [4.78, 5) is 0. The second-order valence-electron chi connectivity index (χ2n) is 5.37. The molecule has 0 spiro atoms. The van der Waals surface area contributed by atoms with Crippen LogP contribution >= 0.6 is 0 Å². The number of benzene rings is 1. The summed E-state index contributed by atoms with van der Waals surface area (Å²) in [5, 5.41) is 3.44. The molecule has 0 aliphatic heterocycles. The number of nitrogens with one attached hydrogen (secondary N) is 1. The highest BCUT2D eigenvalue weighted by atomic mass is 16.5. The summed E-state index contributed by atoms with van der Waals surface area (Å²) < 4.78 is 6.15. The van der Waals surface area contributed by atoms with Crippen LogP contribution in [0.3, 0.4) is 0 Å². The van der Waals surface area contributed by atoms with Gasteiger partial charge in [0.2, 0.25) is 0 Å². The Bertz CT molecular complexity index is 360. The predicted octanol–water partition coefficient (Wildman–Crippen LogP) is 3.71. The zero-order valence-corrected chi connectivity index (χ0v) is 12.4. The maximum absolute atomic E-state index is 6.15. The first-order valence-electron chi connectivity index (χ1n) is 6.99. The van der Waals surface area contributed by atoms with Gasteiger partial charge < -0.3 is 10.1 Å². The molecule has 1 unspecified atom stereocenters. The van der Waals surface area contributed by atoms with Crippen molar-refractivity contribution in [2.45, 2.75) is 47.1 Å². The standard InChI is InChI=1S/C16H27NO/c1-6-9-17-11-16(12(2)3)18-15-8-7-13(4)10-14(15)5/h7-8,10,12,16-17H,6,9,11H2,1-5H3. The van der Waals surface area contributed by atoms with Crippen LogP contribution in [0.2, 0.25) is 0 Å².